The van der Waals surface area contributed by atoms with Crippen LogP contribution in [0.5, 0.6) is 0 Å². The fourth-order valence-electron chi connectivity index (χ4n) is 1.61. The third kappa shape index (κ3) is 4.77. The molecule has 5 nitrogen and oxygen atoms in total. The number of esters is 1. The van der Waals surface area contributed by atoms with Gasteiger partial charge in [0.05, 0.1) is 7.11 Å². The number of urea groups is 1. The lowest BCUT2D eigenvalue weighted by atomic mass is 10.1. The van der Waals surface area contributed by atoms with Crippen LogP contribution in [0.4, 0.5) is 10.5 Å². The normalized spacial score (nSPS) is 11.8. The molecule has 0 radical (unpaired) electrons. The molecule has 1 unspecified atom stereocenters. The Morgan fingerprint density at radius 2 is 1.80 bits per heavy atom. The summed E-state index contributed by atoms with van der Waals surface area (Å²) in [6.07, 6.45) is 1.98. The zero-order valence-corrected chi connectivity index (χ0v) is 12.9. The van der Waals surface area contributed by atoms with Crippen LogP contribution in [0, 0.1) is 5.92 Å². The summed E-state index contributed by atoms with van der Waals surface area (Å²) in [6.45, 7) is 3.68. The van der Waals surface area contributed by atoms with Crippen molar-refractivity contribution >= 4 is 29.4 Å². The van der Waals surface area contributed by atoms with Crippen molar-refractivity contribution in [3.63, 3.8) is 0 Å². The first-order valence-corrected chi connectivity index (χ1v) is 7.49. The van der Waals surface area contributed by atoms with E-state index in [4.69, 9.17) is 0 Å². The summed E-state index contributed by atoms with van der Waals surface area (Å²) < 4.78 is 4.67. The summed E-state index contributed by atoms with van der Waals surface area (Å²) >= 11 is 1.63. The van der Waals surface area contributed by atoms with Crippen LogP contribution in [0.25, 0.3) is 0 Å². The average Bonchev–Trinajstić information content (AvgIpc) is 2.44. The van der Waals surface area contributed by atoms with Crippen LogP contribution in [0.1, 0.15) is 13.8 Å². The molecular formula is C14H20N2O3S. The van der Waals surface area contributed by atoms with E-state index in [-0.39, 0.29) is 5.92 Å². The second kappa shape index (κ2) is 7.79. The Bertz CT molecular complexity index is 460. The van der Waals surface area contributed by atoms with Crippen molar-refractivity contribution in [2.45, 2.75) is 24.8 Å². The number of anilines is 1. The van der Waals surface area contributed by atoms with Crippen molar-refractivity contribution in [3.8, 4) is 0 Å². The van der Waals surface area contributed by atoms with Crippen LogP contribution in [0.15, 0.2) is 29.2 Å². The van der Waals surface area contributed by atoms with Gasteiger partial charge >= 0.3 is 12.0 Å². The molecule has 1 aromatic rings. The lowest BCUT2D eigenvalue weighted by Gasteiger charge is -2.20. The van der Waals surface area contributed by atoms with E-state index in [1.165, 1.54) is 7.11 Å². The summed E-state index contributed by atoms with van der Waals surface area (Å²) in [5.74, 6) is -0.500. The van der Waals surface area contributed by atoms with E-state index >= 15 is 0 Å². The van der Waals surface area contributed by atoms with E-state index in [0.717, 1.165) is 4.90 Å². The lowest BCUT2D eigenvalue weighted by molar-refractivity contribution is -0.143. The lowest BCUT2D eigenvalue weighted by Crippen LogP contribution is -2.46. The van der Waals surface area contributed by atoms with Gasteiger partial charge in [-0.3, -0.25) is 0 Å². The molecule has 0 aliphatic heterocycles. The molecule has 1 rings (SSSR count). The van der Waals surface area contributed by atoms with Gasteiger partial charge in [0.2, 0.25) is 0 Å². The number of hydrogen-bond acceptors (Lipinski definition) is 4. The maximum absolute atomic E-state index is 11.9. The van der Waals surface area contributed by atoms with Gasteiger partial charge in [-0.2, -0.15) is 0 Å². The van der Waals surface area contributed by atoms with Gasteiger partial charge in [0.15, 0.2) is 0 Å². The maximum Gasteiger partial charge on any atom is 0.328 e. The van der Waals surface area contributed by atoms with Crippen LogP contribution in [0.2, 0.25) is 0 Å². The number of thioether (sulfide) groups is 1. The minimum Gasteiger partial charge on any atom is -0.467 e. The molecule has 0 aliphatic rings. The average molecular weight is 296 g/mol. The zero-order chi connectivity index (χ0) is 15.1. The third-order valence-corrected chi connectivity index (χ3v) is 3.50. The molecule has 2 N–H and O–H groups in total. The van der Waals surface area contributed by atoms with Crippen molar-refractivity contribution < 1.29 is 14.3 Å². The number of nitrogens with one attached hydrogen (secondary N) is 2. The van der Waals surface area contributed by atoms with Gasteiger partial charge in [-0.1, -0.05) is 13.8 Å². The highest BCUT2D eigenvalue weighted by Gasteiger charge is 2.24. The molecular weight excluding hydrogens is 276 g/mol. The minimum atomic E-state index is -0.662. The van der Waals surface area contributed by atoms with Crippen molar-refractivity contribution in [3.05, 3.63) is 24.3 Å². The van der Waals surface area contributed by atoms with Crippen molar-refractivity contribution in [1.29, 1.82) is 0 Å². The topological polar surface area (TPSA) is 67.4 Å². The summed E-state index contributed by atoms with van der Waals surface area (Å²) in [7, 11) is 1.30. The smallest absolute Gasteiger partial charge is 0.328 e. The Hall–Kier alpha value is -1.69. The molecule has 1 atom stereocenters. The second-order valence-corrected chi connectivity index (χ2v) is 5.45. The predicted octanol–water partition coefficient (Wildman–Crippen LogP) is 2.73. The van der Waals surface area contributed by atoms with E-state index in [9.17, 15) is 9.59 Å². The Labute approximate surface area is 123 Å². The number of rotatable bonds is 5. The number of carbonyl (C=O) groups excluding carboxylic acids is 2. The quantitative estimate of drug-likeness (QED) is 0.647. The van der Waals surface area contributed by atoms with Gasteiger partial charge in [-0.15, -0.1) is 11.8 Å². The van der Waals surface area contributed by atoms with Crippen LogP contribution < -0.4 is 10.6 Å². The molecule has 0 heterocycles. The number of amides is 2. The molecule has 0 fully saturated rings. The first-order valence-electron chi connectivity index (χ1n) is 6.27. The maximum atomic E-state index is 11.9. The highest BCUT2D eigenvalue weighted by molar-refractivity contribution is 7.98. The van der Waals surface area contributed by atoms with Crippen LogP contribution in [-0.4, -0.2) is 31.4 Å². The summed E-state index contributed by atoms with van der Waals surface area (Å²) in [5.41, 5.74) is 0.674. The Balaban J connectivity index is 2.63. The fourth-order valence-corrected chi connectivity index (χ4v) is 2.02. The fraction of sp³-hybridized carbons (Fsp3) is 0.429. The molecule has 0 aliphatic carbocycles. The van der Waals surface area contributed by atoms with Gasteiger partial charge in [0, 0.05) is 10.6 Å². The number of benzene rings is 1. The van der Waals surface area contributed by atoms with Gasteiger partial charge in [-0.05, 0) is 36.4 Å². The SMILES string of the molecule is COC(=O)C(NC(=O)Nc1ccc(SC)cc1)C(C)C. The molecule has 0 saturated heterocycles. The van der Waals surface area contributed by atoms with E-state index in [1.807, 2.05) is 44.4 Å². The van der Waals surface area contributed by atoms with E-state index in [1.54, 1.807) is 11.8 Å². The van der Waals surface area contributed by atoms with Crippen molar-refractivity contribution in [2.75, 3.05) is 18.7 Å². The highest BCUT2D eigenvalue weighted by Crippen LogP contribution is 2.17. The molecule has 0 aromatic heterocycles. The second-order valence-electron chi connectivity index (χ2n) is 4.57. The summed E-state index contributed by atoms with van der Waals surface area (Å²) in [5, 5.41) is 5.30. The largest absolute Gasteiger partial charge is 0.467 e. The van der Waals surface area contributed by atoms with Crippen molar-refractivity contribution in [2.24, 2.45) is 5.92 Å². The summed E-state index contributed by atoms with van der Waals surface area (Å²) in [4.78, 5) is 24.5. The van der Waals surface area contributed by atoms with E-state index < -0.39 is 18.0 Å². The molecule has 0 bridgehead atoms. The standard InChI is InChI=1S/C14H20N2O3S/c1-9(2)12(13(17)19-3)16-14(18)15-10-5-7-11(20-4)8-6-10/h5-9,12H,1-4H3,(H2,15,16,18). The molecule has 0 spiro atoms. The van der Waals surface area contributed by atoms with Crippen LogP contribution in [0.3, 0.4) is 0 Å². The Kier molecular flexibility index (Phi) is 6.38. The minimum absolute atomic E-state index is 0.0490. The third-order valence-electron chi connectivity index (χ3n) is 2.76. The molecule has 1 aromatic carbocycles. The van der Waals surface area contributed by atoms with Gasteiger partial charge in [0.25, 0.3) is 0 Å². The van der Waals surface area contributed by atoms with Crippen molar-refractivity contribution in [1.82, 2.24) is 5.32 Å². The summed E-state index contributed by atoms with van der Waals surface area (Å²) in [6, 6.07) is 6.37. The molecule has 2 amide bonds. The van der Waals surface area contributed by atoms with Gasteiger partial charge < -0.3 is 15.4 Å². The van der Waals surface area contributed by atoms with Gasteiger partial charge in [0.1, 0.15) is 6.04 Å². The molecule has 6 heteroatoms. The Morgan fingerprint density at radius 3 is 2.25 bits per heavy atom. The first-order chi connectivity index (χ1) is 9.47. The number of carbonyl (C=O) groups is 2. The molecule has 0 saturated carbocycles. The van der Waals surface area contributed by atoms with Gasteiger partial charge in [-0.25, -0.2) is 9.59 Å². The molecule has 20 heavy (non-hydrogen) atoms. The first kappa shape index (κ1) is 16.4. The van der Waals surface area contributed by atoms with Crippen LogP contribution >= 0.6 is 11.8 Å². The van der Waals surface area contributed by atoms with E-state index in [0.29, 0.717) is 5.69 Å². The monoisotopic (exact) mass is 296 g/mol. The number of methoxy groups -OCH3 is 1. The van der Waals surface area contributed by atoms with E-state index in [2.05, 4.69) is 15.4 Å². The predicted molar refractivity (Wildman–Crippen MR) is 81.0 cm³/mol. The van der Waals surface area contributed by atoms with Crippen LogP contribution in [-0.2, 0) is 9.53 Å². The Morgan fingerprint density at radius 1 is 1.20 bits per heavy atom. The molecule has 110 valence electrons. The zero-order valence-electron chi connectivity index (χ0n) is 12.1. The number of hydrogen-bond donors (Lipinski definition) is 2. The number of ether oxygens (including phenoxy) is 1. The highest BCUT2D eigenvalue weighted by atomic mass is 32.2.